The number of hydrogen-bond donors (Lipinski definition) is 2. The Kier molecular flexibility index (Phi) is 4.63. The molecule has 4 nitrogen and oxygen atoms in total. The molecule has 0 unspecified atom stereocenters. The van der Waals surface area contributed by atoms with E-state index in [1.807, 2.05) is 30.3 Å². The topological polar surface area (TPSA) is 58.6 Å². The van der Waals surface area contributed by atoms with Crippen molar-refractivity contribution in [2.75, 3.05) is 13.7 Å². The second kappa shape index (κ2) is 6.03. The standard InChI is InChI=1S/C11H15NO3/c1-12-10(11(13)14)7-8-15-9-5-3-2-4-6-9/h2-6,10,12H,7-8H2,1H3,(H,13,14)/t10-/m0/s1. The van der Waals surface area contributed by atoms with Gasteiger partial charge in [-0.05, 0) is 19.2 Å². The fourth-order valence-electron chi connectivity index (χ4n) is 1.20. The molecule has 82 valence electrons. The number of rotatable bonds is 6. The molecule has 1 atom stereocenters. The molecule has 0 fully saturated rings. The molecule has 2 N–H and O–H groups in total. The average Bonchev–Trinajstić information content (AvgIpc) is 2.25. The van der Waals surface area contributed by atoms with Gasteiger partial charge in [0.05, 0.1) is 6.61 Å². The van der Waals surface area contributed by atoms with Crippen LogP contribution in [0.15, 0.2) is 30.3 Å². The zero-order chi connectivity index (χ0) is 11.1. The number of hydrogen-bond acceptors (Lipinski definition) is 3. The minimum atomic E-state index is -0.853. The molecule has 1 aromatic rings. The van der Waals surface area contributed by atoms with Crippen LogP contribution in [0.5, 0.6) is 5.75 Å². The monoisotopic (exact) mass is 209 g/mol. The van der Waals surface area contributed by atoms with Crippen LogP contribution in [0.4, 0.5) is 0 Å². The highest BCUT2D eigenvalue weighted by Gasteiger charge is 2.13. The third-order valence-electron chi connectivity index (χ3n) is 2.07. The van der Waals surface area contributed by atoms with Gasteiger partial charge in [0.1, 0.15) is 11.8 Å². The van der Waals surface area contributed by atoms with Crippen molar-refractivity contribution in [2.24, 2.45) is 0 Å². The Balaban J connectivity index is 2.30. The summed E-state index contributed by atoms with van der Waals surface area (Å²) in [5.74, 6) is -0.0908. The molecule has 0 bridgehead atoms. The molecule has 0 saturated heterocycles. The van der Waals surface area contributed by atoms with Crippen LogP contribution in [-0.2, 0) is 4.79 Å². The third-order valence-corrected chi connectivity index (χ3v) is 2.07. The van der Waals surface area contributed by atoms with Gasteiger partial charge in [-0.25, -0.2) is 0 Å². The van der Waals surface area contributed by atoms with Gasteiger partial charge in [-0.2, -0.15) is 0 Å². The molecule has 4 heteroatoms. The van der Waals surface area contributed by atoms with Crippen molar-refractivity contribution in [1.29, 1.82) is 0 Å². The first-order valence-corrected chi connectivity index (χ1v) is 4.82. The maximum absolute atomic E-state index is 10.7. The van der Waals surface area contributed by atoms with Crippen molar-refractivity contribution in [2.45, 2.75) is 12.5 Å². The van der Waals surface area contributed by atoms with Crippen molar-refractivity contribution >= 4 is 5.97 Å². The highest BCUT2D eigenvalue weighted by atomic mass is 16.5. The Hall–Kier alpha value is -1.55. The summed E-state index contributed by atoms with van der Waals surface area (Å²) >= 11 is 0. The van der Waals surface area contributed by atoms with Crippen molar-refractivity contribution in [3.63, 3.8) is 0 Å². The number of nitrogens with one attached hydrogen (secondary N) is 1. The fourth-order valence-corrected chi connectivity index (χ4v) is 1.20. The lowest BCUT2D eigenvalue weighted by Crippen LogP contribution is -2.35. The zero-order valence-corrected chi connectivity index (χ0v) is 8.64. The summed E-state index contributed by atoms with van der Waals surface area (Å²) < 4.78 is 5.39. The van der Waals surface area contributed by atoms with Gasteiger partial charge in [0.25, 0.3) is 0 Å². The summed E-state index contributed by atoms with van der Waals surface area (Å²) in [5, 5.41) is 11.5. The van der Waals surface area contributed by atoms with Crippen LogP contribution in [-0.4, -0.2) is 30.8 Å². The first kappa shape index (κ1) is 11.5. The zero-order valence-electron chi connectivity index (χ0n) is 8.64. The number of benzene rings is 1. The second-order valence-electron chi connectivity index (χ2n) is 3.13. The lowest BCUT2D eigenvalue weighted by Gasteiger charge is -2.11. The molecule has 15 heavy (non-hydrogen) atoms. The van der Waals surface area contributed by atoms with Crippen molar-refractivity contribution < 1.29 is 14.6 Å². The van der Waals surface area contributed by atoms with E-state index in [-0.39, 0.29) is 0 Å². The molecule has 1 rings (SSSR count). The van der Waals surface area contributed by atoms with E-state index in [1.165, 1.54) is 0 Å². The van der Waals surface area contributed by atoms with E-state index >= 15 is 0 Å². The summed E-state index contributed by atoms with van der Waals surface area (Å²) in [6.45, 7) is 0.391. The minimum absolute atomic E-state index is 0.391. The molecule has 0 aliphatic carbocycles. The molecular formula is C11H15NO3. The SMILES string of the molecule is CN[C@@H](CCOc1ccccc1)C(=O)O. The second-order valence-corrected chi connectivity index (χ2v) is 3.13. The predicted octanol–water partition coefficient (Wildman–Crippen LogP) is 1.13. The number of carbonyl (C=O) groups is 1. The lowest BCUT2D eigenvalue weighted by molar-refractivity contribution is -0.139. The molecule has 0 aromatic heterocycles. The first-order chi connectivity index (χ1) is 7.24. The van der Waals surface area contributed by atoms with E-state index in [2.05, 4.69) is 5.32 Å². The average molecular weight is 209 g/mol. The lowest BCUT2D eigenvalue weighted by atomic mass is 10.2. The molecule has 0 aliphatic rings. The molecular weight excluding hydrogens is 194 g/mol. The van der Waals surface area contributed by atoms with Crippen LogP contribution in [0.3, 0.4) is 0 Å². The van der Waals surface area contributed by atoms with Gasteiger partial charge in [-0.3, -0.25) is 4.79 Å². The molecule has 0 amide bonds. The predicted molar refractivity (Wildman–Crippen MR) is 57.0 cm³/mol. The quantitative estimate of drug-likeness (QED) is 0.737. The number of aliphatic carboxylic acids is 1. The van der Waals surface area contributed by atoms with Crippen molar-refractivity contribution in [3.8, 4) is 5.75 Å². The van der Waals surface area contributed by atoms with Crippen LogP contribution in [0.2, 0.25) is 0 Å². The van der Waals surface area contributed by atoms with Crippen LogP contribution in [0.25, 0.3) is 0 Å². The van der Waals surface area contributed by atoms with Gasteiger partial charge in [0.15, 0.2) is 0 Å². The Labute approximate surface area is 88.9 Å². The molecule has 0 radical (unpaired) electrons. The fraction of sp³-hybridized carbons (Fsp3) is 0.364. The van der Waals surface area contributed by atoms with Crippen molar-refractivity contribution in [3.05, 3.63) is 30.3 Å². The van der Waals surface area contributed by atoms with E-state index in [0.717, 1.165) is 5.75 Å². The first-order valence-electron chi connectivity index (χ1n) is 4.82. The van der Waals surface area contributed by atoms with E-state index in [9.17, 15) is 4.79 Å². The van der Waals surface area contributed by atoms with E-state index in [1.54, 1.807) is 7.05 Å². The minimum Gasteiger partial charge on any atom is -0.494 e. The summed E-state index contributed by atoms with van der Waals surface area (Å²) in [5.41, 5.74) is 0. The van der Waals surface area contributed by atoms with Gasteiger partial charge in [-0.1, -0.05) is 18.2 Å². The van der Waals surface area contributed by atoms with E-state index in [4.69, 9.17) is 9.84 Å². The Morgan fingerprint density at radius 2 is 2.13 bits per heavy atom. The smallest absolute Gasteiger partial charge is 0.320 e. The van der Waals surface area contributed by atoms with E-state index in [0.29, 0.717) is 13.0 Å². The summed E-state index contributed by atoms with van der Waals surface area (Å²) in [7, 11) is 1.63. The normalized spacial score (nSPS) is 12.1. The Morgan fingerprint density at radius 1 is 1.47 bits per heavy atom. The summed E-state index contributed by atoms with van der Waals surface area (Å²) in [4.78, 5) is 10.7. The van der Waals surface area contributed by atoms with Crippen LogP contribution < -0.4 is 10.1 Å². The van der Waals surface area contributed by atoms with Gasteiger partial charge in [0.2, 0.25) is 0 Å². The van der Waals surface area contributed by atoms with Crippen LogP contribution >= 0.6 is 0 Å². The van der Waals surface area contributed by atoms with Crippen LogP contribution in [0.1, 0.15) is 6.42 Å². The molecule has 0 saturated carbocycles. The van der Waals surface area contributed by atoms with Crippen molar-refractivity contribution in [1.82, 2.24) is 5.32 Å². The van der Waals surface area contributed by atoms with Gasteiger partial charge >= 0.3 is 5.97 Å². The number of ether oxygens (including phenoxy) is 1. The molecule has 0 aliphatic heterocycles. The Morgan fingerprint density at radius 3 is 2.67 bits per heavy atom. The molecule has 0 heterocycles. The molecule has 1 aromatic carbocycles. The maximum Gasteiger partial charge on any atom is 0.320 e. The summed E-state index contributed by atoms with van der Waals surface area (Å²) in [6.07, 6.45) is 0.445. The number of likely N-dealkylation sites (N-methyl/N-ethyl adjacent to an activating group) is 1. The highest BCUT2D eigenvalue weighted by molar-refractivity contribution is 5.73. The maximum atomic E-state index is 10.7. The highest BCUT2D eigenvalue weighted by Crippen LogP contribution is 2.08. The number of carboxylic acid groups (broad SMARTS) is 1. The number of carboxylic acids is 1. The van der Waals surface area contributed by atoms with Gasteiger partial charge in [0, 0.05) is 6.42 Å². The molecule has 0 spiro atoms. The van der Waals surface area contributed by atoms with Gasteiger partial charge in [-0.15, -0.1) is 0 Å². The Bertz CT molecular complexity index is 300. The number of para-hydroxylation sites is 1. The summed E-state index contributed by atoms with van der Waals surface area (Å²) in [6, 6.07) is 8.79. The van der Waals surface area contributed by atoms with E-state index < -0.39 is 12.0 Å². The van der Waals surface area contributed by atoms with Gasteiger partial charge < -0.3 is 15.2 Å². The largest absolute Gasteiger partial charge is 0.494 e. The van der Waals surface area contributed by atoms with Crippen LogP contribution in [0, 0.1) is 0 Å². The third kappa shape index (κ3) is 3.99.